The van der Waals surface area contributed by atoms with Crippen molar-refractivity contribution in [2.24, 2.45) is 0 Å². The van der Waals surface area contributed by atoms with Gasteiger partial charge in [0.2, 0.25) is 0 Å². The predicted molar refractivity (Wildman–Crippen MR) is 93.1 cm³/mol. The molecule has 2 fully saturated rings. The maximum absolute atomic E-state index is 12.9. The van der Waals surface area contributed by atoms with Crippen molar-refractivity contribution in [2.75, 3.05) is 50.9 Å². The maximum atomic E-state index is 12.9. The Labute approximate surface area is 151 Å². The second kappa shape index (κ2) is 7.05. The largest absolute Gasteiger partial charge is 0.376 e. The van der Waals surface area contributed by atoms with Gasteiger partial charge in [0.15, 0.2) is 0 Å². The predicted octanol–water partition coefficient (Wildman–Crippen LogP) is 1.13. The highest BCUT2D eigenvalue weighted by Gasteiger charge is 2.42. The summed E-state index contributed by atoms with van der Waals surface area (Å²) in [6.45, 7) is 5.69. The molecule has 1 amide bonds. The zero-order valence-electron chi connectivity index (χ0n) is 14.8. The Morgan fingerprint density at radius 3 is 2.92 bits per heavy atom. The van der Waals surface area contributed by atoms with Crippen molar-refractivity contribution in [3.8, 4) is 0 Å². The zero-order chi connectivity index (χ0) is 18.0. The van der Waals surface area contributed by atoms with Crippen molar-refractivity contribution in [1.82, 2.24) is 15.0 Å². The van der Waals surface area contributed by atoms with Crippen molar-refractivity contribution in [3.63, 3.8) is 0 Å². The third-order valence-electron chi connectivity index (χ3n) is 4.88. The number of anilines is 1. The molecule has 4 rings (SSSR count). The smallest absolute Gasteiger partial charge is 0.259 e. The summed E-state index contributed by atoms with van der Waals surface area (Å²) >= 11 is 0. The van der Waals surface area contributed by atoms with E-state index in [4.69, 9.17) is 14.0 Å². The van der Waals surface area contributed by atoms with Crippen LogP contribution < -0.4 is 4.90 Å². The lowest BCUT2D eigenvalue weighted by Gasteiger charge is -2.43. The average Bonchev–Trinajstić information content (AvgIpc) is 3.00. The summed E-state index contributed by atoms with van der Waals surface area (Å²) in [4.78, 5) is 21.1. The van der Waals surface area contributed by atoms with Gasteiger partial charge < -0.3 is 23.8 Å². The first-order valence-corrected chi connectivity index (χ1v) is 8.74. The van der Waals surface area contributed by atoms with Gasteiger partial charge in [0.1, 0.15) is 16.9 Å². The minimum atomic E-state index is -0.564. The number of nitrogens with zero attached hydrogens (tertiary/aromatic N) is 4. The van der Waals surface area contributed by atoms with Crippen LogP contribution in [-0.2, 0) is 9.47 Å². The molecule has 1 atom stereocenters. The summed E-state index contributed by atoms with van der Waals surface area (Å²) in [5.74, 6) is 0.452. The second-order valence-electron chi connectivity index (χ2n) is 6.74. The van der Waals surface area contributed by atoms with E-state index in [9.17, 15) is 4.79 Å². The fourth-order valence-corrected chi connectivity index (χ4v) is 3.54. The maximum Gasteiger partial charge on any atom is 0.259 e. The van der Waals surface area contributed by atoms with E-state index in [1.165, 1.54) is 6.20 Å². The molecule has 0 saturated carbocycles. The van der Waals surface area contributed by atoms with E-state index in [0.29, 0.717) is 50.8 Å². The molecule has 0 aliphatic carbocycles. The lowest BCUT2D eigenvalue weighted by molar-refractivity contribution is -0.124. The van der Waals surface area contributed by atoms with E-state index >= 15 is 0 Å². The van der Waals surface area contributed by atoms with Gasteiger partial charge in [-0.1, -0.05) is 5.16 Å². The van der Waals surface area contributed by atoms with E-state index in [1.54, 1.807) is 18.0 Å². The first kappa shape index (κ1) is 17.0. The van der Waals surface area contributed by atoms with Crippen molar-refractivity contribution < 1.29 is 18.8 Å². The Morgan fingerprint density at radius 1 is 1.23 bits per heavy atom. The Bertz CT molecular complexity index is 766. The molecule has 0 unspecified atom stereocenters. The Kier molecular flexibility index (Phi) is 4.60. The molecular weight excluding hydrogens is 336 g/mol. The van der Waals surface area contributed by atoms with Gasteiger partial charge in [-0.25, -0.2) is 0 Å². The number of carbonyl (C=O) groups excluding carboxylic acids is 1. The fraction of sp³-hybridized carbons (Fsp3) is 0.500. The van der Waals surface area contributed by atoms with E-state index < -0.39 is 5.60 Å². The number of morpholine rings is 1. The zero-order valence-corrected chi connectivity index (χ0v) is 14.8. The van der Waals surface area contributed by atoms with Gasteiger partial charge in [0, 0.05) is 19.3 Å². The standard InChI is InChI=1S/C18H22N4O4/c1-14-16(10-20-26-14)17(23)22-6-8-25-18(12-22)11-21(5-7-24-13-18)15-3-2-4-19-9-15/h2-4,9-10H,5-8,11-13H2,1H3/t18-/m0/s1. The van der Waals surface area contributed by atoms with Crippen LogP contribution in [0.25, 0.3) is 0 Å². The van der Waals surface area contributed by atoms with Gasteiger partial charge in [0.25, 0.3) is 5.91 Å². The first-order chi connectivity index (χ1) is 12.7. The Balaban J connectivity index is 1.54. The number of aryl methyl sites for hydroxylation is 1. The van der Waals surface area contributed by atoms with Crippen LogP contribution in [0.5, 0.6) is 0 Å². The molecule has 2 aromatic heterocycles. The van der Waals surface area contributed by atoms with Crippen LogP contribution in [0.1, 0.15) is 16.1 Å². The second-order valence-corrected chi connectivity index (χ2v) is 6.74. The fourth-order valence-electron chi connectivity index (χ4n) is 3.54. The SMILES string of the molecule is Cc1oncc1C(=O)N1CCO[C@]2(COCCN(c3cccnc3)C2)C1. The van der Waals surface area contributed by atoms with E-state index in [2.05, 4.69) is 15.0 Å². The highest BCUT2D eigenvalue weighted by atomic mass is 16.5. The van der Waals surface area contributed by atoms with Crippen molar-refractivity contribution in [2.45, 2.75) is 12.5 Å². The summed E-state index contributed by atoms with van der Waals surface area (Å²) in [7, 11) is 0. The van der Waals surface area contributed by atoms with Crippen molar-refractivity contribution in [3.05, 3.63) is 42.0 Å². The minimum absolute atomic E-state index is 0.0800. The van der Waals surface area contributed by atoms with Gasteiger partial charge in [0.05, 0.1) is 51.0 Å². The van der Waals surface area contributed by atoms with Crippen LogP contribution in [0.4, 0.5) is 5.69 Å². The molecule has 2 aliphatic rings. The summed E-state index contributed by atoms with van der Waals surface area (Å²) in [6, 6.07) is 3.94. The van der Waals surface area contributed by atoms with Crippen molar-refractivity contribution in [1.29, 1.82) is 0 Å². The summed E-state index contributed by atoms with van der Waals surface area (Å²) in [5, 5.41) is 3.71. The molecule has 1 spiro atoms. The molecule has 0 radical (unpaired) electrons. The van der Waals surface area contributed by atoms with Gasteiger partial charge >= 0.3 is 0 Å². The molecule has 4 heterocycles. The molecular formula is C18H22N4O4. The number of pyridine rings is 1. The summed E-state index contributed by atoms with van der Waals surface area (Å²) in [5.41, 5.74) is 0.964. The highest BCUT2D eigenvalue weighted by Crippen LogP contribution is 2.26. The monoisotopic (exact) mass is 358 g/mol. The number of hydrogen-bond acceptors (Lipinski definition) is 7. The van der Waals surface area contributed by atoms with Crippen molar-refractivity contribution >= 4 is 11.6 Å². The van der Waals surface area contributed by atoms with Gasteiger partial charge in [-0.05, 0) is 19.1 Å². The molecule has 8 nitrogen and oxygen atoms in total. The molecule has 8 heteroatoms. The first-order valence-electron chi connectivity index (χ1n) is 8.74. The third kappa shape index (κ3) is 3.30. The Hall–Kier alpha value is -2.45. The van der Waals surface area contributed by atoms with Crippen LogP contribution in [0, 0.1) is 6.92 Å². The molecule has 0 N–H and O–H groups in total. The van der Waals surface area contributed by atoms with E-state index in [-0.39, 0.29) is 5.91 Å². The number of hydrogen-bond donors (Lipinski definition) is 0. The molecule has 2 saturated heterocycles. The van der Waals surface area contributed by atoms with Crippen LogP contribution in [0.3, 0.4) is 0 Å². The minimum Gasteiger partial charge on any atom is -0.376 e. The highest BCUT2D eigenvalue weighted by molar-refractivity contribution is 5.94. The van der Waals surface area contributed by atoms with E-state index in [1.807, 2.05) is 18.3 Å². The van der Waals surface area contributed by atoms with Crippen LogP contribution in [-0.4, -0.2) is 72.5 Å². The molecule has 138 valence electrons. The summed E-state index contributed by atoms with van der Waals surface area (Å²) in [6.07, 6.45) is 5.07. The molecule has 0 bridgehead atoms. The van der Waals surface area contributed by atoms with Crippen LogP contribution in [0.15, 0.2) is 35.2 Å². The normalized spacial score (nSPS) is 23.9. The third-order valence-corrected chi connectivity index (χ3v) is 4.88. The summed E-state index contributed by atoms with van der Waals surface area (Å²) < 4.78 is 17.0. The number of rotatable bonds is 2. The average molecular weight is 358 g/mol. The van der Waals surface area contributed by atoms with Crippen LogP contribution >= 0.6 is 0 Å². The lowest BCUT2D eigenvalue weighted by atomic mass is 10.0. The topological polar surface area (TPSA) is 80.9 Å². The van der Waals surface area contributed by atoms with Gasteiger partial charge in [-0.2, -0.15) is 0 Å². The lowest BCUT2D eigenvalue weighted by Crippen LogP contribution is -2.60. The van der Waals surface area contributed by atoms with E-state index in [0.717, 1.165) is 12.2 Å². The molecule has 2 aliphatic heterocycles. The van der Waals surface area contributed by atoms with Crippen LogP contribution in [0.2, 0.25) is 0 Å². The quantitative estimate of drug-likeness (QED) is 0.796. The molecule has 0 aromatic carbocycles. The van der Waals surface area contributed by atoms with Gasteiger partial charge in [-0.3, -0.25) is 9.78 Å². The number of carbonyl (C=O) groups is 1. The number of ether oxygens (including phenoxy) is 2. The Morgan fingerprint density at radius 2 is 2.15 bits per heavy atom. The van der Waals surface area contributed by atoms with Gasteiger partial charge in [-0.15, -0.1) is 0 Å². The molecule has 2 aromatic rings. The molecule has 26 heavy (non-hydrogen) atoms. The number of aromatic nitrogens is 2. The number of amides is 1.